The van der Waals surface area contributed by atoms with Gasteiger partial charge in [0.05, 0.1) is 35.6 Å². The van der Waals surface area contributed by atoms with Gasteiger partial charge in [-0.1, -0.05) is 0 Å². The number of aromatic nitrogens is 4. The summed E-state index contributed by atoms with van der Waals surface area (Å²) in [5.74, 6) is 0. The smallest absolute Gasteiger partial charge is 0.367 e. The Morgan fingerprint density at radius 3 is 2.63 bits per heavy atom. The molecule has 4 heterocycles. The molecule has 1 fully saturated rings. The van der Waals surface area contributed by atoms with Crippen molar-refractivity contribution in [3.8, 4) is 0 Å². The first-order valence-electron chi connectivity index (χ1n) is 10.6. The van der Waals surface area contributed by atoms with Crippen LogP contribution in [0.1, 0.15) is 12.0 Å². The summed E-state index contributed by atoms with van der Waals surface area (Å²) in [5, 5.41) is 2.18. The number of alkyl halides is 4. The van der Waals surface area contributed by atoms with Crippen molar-refractivity contribution in [3.63, 3.8) is 0 Å². The largest absolute Gasteiger partial charge is 0.417 e. The van der Waals surface area contributed by atoms with Gasteiger partial charge in [-0.05, 0) is 18.6 Å². The molecule has 10 nitrogen and oxygen atoms in total. The number of anilines is 2. The van der Waals surface area contributed by atoms with Gasteiger partial charge < -0.3 is 19.7 Å². The Balaban J connectivity index is 1.47. The van der Waals surface area contributed by atoms with E-state index in [2.05, 4.69) is 15.3 Å². The Labute approximate surface area is 195 Å². The molecule has 1 saturated heterocycles. The van der Waals surface area contributed by atoms with Crippen LogP contribution >= 0.6 is 0 Å². The third kappa shape index (κ3) is 4.59. The number of fused-ring (bicyclic) bond motifs is 1. The standard InChI is InChI=1S/C21H23F4N7O3/c1-29-9-11(21(23,24)25)6-14(18(29)33)27-19(34)30(2)15-4-5-32(10-13(15)22)12-7-16-17(26-8-12)28-20(35)31(16)3/h6-9,13,15H,4-5,10H2,1-3H3,(H,27,34)(H,26,28,35)/t13-,15+/m0/s1. The number of amides is 2. The highest BCUT2D eigenvalue weighted by atomic mass is 19.4. The lowest BCUT2D eigenvalue weighted by molar-refractivity contribution is -0.138. The van der Waals surface area contributed by atoms with Gasteiger partial charge in [0.25, 0.3) is 5.56 Å². The first-order valence-corrected chi connectivity index (χ1v) is 10.6. The highest BCUT2D eigenvalue weighted by molar-refractivity contribution is 5.89. The Kier molecular flexibility index (Phi) is 6.07. The van der Waals surface area contributed by atoms with E-state index >= 15 is 4.39 Å². The summed E-state index contributed by atoms with van der Waals surface area (Å²) >= 11 is 0. The number of hydrogen-bond donors (Lipinski definition) is 2. The molecule has 188 valence electrons. The van der Waals surface area contributed by atoms with Gasteiger partial charge in [-0.3, -0.25) is 14.3 Å². The quantitative estimate of drug-likeness (QED) is 0.539. The minimum atomic E-state index is -4.71. The Morgan fingerprint density at radius 1 is 1.26 bits per heavy atom. The summed E-state index contributed by atoms with van der Waals surface area (Å²) in [6.07, 6.45) is -3.83. The number of carbonyl (C=O) groups excluding carboxylic acids is 1. The number of carbonyl (C=O) groups is 1. The highest BCUT2D eigenvalue weighted by Crippen LogP contribution is 2.30. The molecule has 0 aromatic carbocycles. The minimum absolute atomic E-state index is 0.0703. The maximum Gasteiger partial charge on any atom is 0.417 e. The minimum Gasteiger partial charge on any atom is -0.367 e. The fraction of sp³-hybridized carbons (Fsp3) is 0.429. The van der Waals surface area contributed by atoms with E-state index in [1.807, 2.05) is 0 Å². The van der Waals surface area contributed by atoms with E-state index in [-0.39, 0.29) is 18.7 Å². The van der Waals surface area contributed by atoms with Crippen LogP contribution in [0, 0.1) is 0 Å². The molecule has 3 aromatic rings. The van der Waals surface area contributed by atoms with Crippen LogP contribution in [0.4, 0.5) is 33.7 Å². The molecular formula is C21H23F4N7O3. The fourth-order valence-electron chi connectivity index (χ4n) is 4.14. The summed E-state index contributed by atoms with van der Waals surface area (Å²) < 4.78 is 56.5. The molecule has 0 spiro atoms. The van der Waals surface area contributed by atoms with E-state index < -0.39 is 41.2 Å². The predicted molar refractivity (Wildman–Crippen MR) is 120 cm³/mol. The number of imidazole rings is 1. The van der Waals surface area contributed by atoms with E-state index in [9.17, 15) is 27.6 Å². The second-order valence-electron chi connectivity index (χ2n) is 8.47. The van der Waals surface area contributed by atoms with Crippen LogP contribution in [0.15, 0.2) is 34.1 Å². The molecule has 2 N–H and O–H groups in total. The number of rotatable bonds is 3. The average molecular weight is 497 g/mol. The van der Waals surface area contributed by atoms with Crippen molar-refractivity contribution >= 4 is 28.6 Å². The monoisotopic (exact) mass is 497 g/mol. The number of nitrogens with one attached hydrogen (secondary N) is 2. The molecule has 35 heavy (non-hydrogen) atoms. The van der Waals surface area contributed by atoms with Crippen molar-refractivity contribution in [1.82, 2.24) is 24.0 Å². The van der Waals surface area contributed by atoms with E-state index in [0.717, 1.165) is 16.5 Å². The number of hydrogen-bond acceptors (Lipinski definition) is 5. The zero-order chi connectivity index (χ0) is 25.7. The Bertz CT molecular complexity index is 1390. The van der Waals surface area contributed by atoms with E-state index in [0.29, 0.717) is 35.7 Å². The maximum absolute atomic E-state index is 15.1. The van der Waals surface area contributed by atoms with Crippen molar-refractivity contribution in [2.75, 3.05) is 30.4 Å². The number of aromatic amines is 1. The molecule has 0 unspecified atom stereocenters. The summed E-state index contributed by atoms with van der Waals surface area (Å²) in [4.78, 5) is 46.3. The van der Waals surface area contributed by atoms with Gasteiger partial charge in [0.15, 0.2) is 5.65 Å². The van der Waals surface area contributed by atoms with Gasteiger partial charge >= 0.3 is 17.9 Å². The zero-order valence-corrected chi connectivity index (χ0v) is 19.1. The molecular weight excluding hydrogens is 474 g/mol. The number of nitrogens with zero attached hydrogens (tertiary/aromatic N) is 5. The van der Waals surface area contributed by atoms with Crippen molar-refractivity contribution < 1.29 is 22.4 Å². The van der Waals surface area contributed by atoms with E-state index in [4.69, 9.17) is 0 Å². The van der Waals surface area contributed by atoms with Crippen LogP contribution in [0.3, 0.4) is 0 Å². The van der Waals surface area contributed by atoms with E-state index in [1.54, 1.807) is 18.0 Å². The van der Waals surface area contributed by atoms with Gasteiger partial charge in [0.2, 0.25) is 0 Å². The lowest BCUT2D eigenvalue weighted by Gasteiger charge is -2.39. The Hall–Kier alpha value is -3.84. The second-order valence-corrected chi connectivity index (χ2v) is 8.47. The first kappa shape index (κ1) is 24.3. The summed E-state index contributed by atoms with van der Waals surface area (Å²) in [5.41, 5.74) is -1.23. The van der Waals surface area contributed by atoms with Crippen LogP contribution in [-0.4, -0.2) is 62.4 Å². The summed E-state index contributed by atoms with van der Waals surface area (Å²) in [6.45, 7) is 0.290. The molecule has 3 aromatic heterocycles. The normalized spacial score (nSPS) is 18.7. The topological polar surface area (TPSA) is 108 Å². The average Bonchev–Trinajstić information content (AvgIpc) is 3.08. The van der Waals surface area contributed by atoms with Crippen LogP contribution in [0.25, 0.3) is 11.2 Å². The van der Waals surface area contributed by atoms with Crippen LogP contribution in [0.5, 0.6) is 0 Å². The molecule has 4 rings (SSSR count). The Morgan fingerprint density at radius 2 is 1.97 bits per heavy atom. The van der Waals surface area contributed by atoms with Crippen LogP contribution < -0.4 is 21.5 Å². The molecule has 0 radical (unpaired) electrons. The van der Waals surface area contributed by atoms with Crippen molar-refractivity contribution in [2.24, 2.45) is 14.1 Å². The summed E-state index contributed by atoms with van der Waals surface area (Å²) in [7, 11) is 4.05. The van der Waals surface area contributed by atoms with Crippen molar-refractivity contribution in [1.29, 1.82) is 0 Å². The van der Waals surface area contributed by atoms with Crippen molar-refractivity contribution in [2.45, 2.75) is 24.8 Å². The highest BCUT2D eigenvalue weighted by Gasteiger charge is 2.36. The van der Waals surface area contributed by atoms with Gasteiger partial charge in [-0.25, -0.2) is 19.0 Å². The molecule has 14 heteroatoms. The molecule has 1 aliphatic rings. The van der Waals surface area contributed by atoms with Gasteiger partial charge in [-0.2, -0.15) is 13.2 Å². The molecule has 0 aliphatic carbocycles. The van der Waals surface area contributed by atoms with Crippen LogP contribution in [-0.2, 0) is 20.3 Å². The molecule has 0 saturated carbocycles. The van der Waals surface area contributed by atoms with Gasteiger partial charge in [0.1, 0.15) is 11.9 Å². The third-order valence-electron chi connectivity index (χ3n) is 6.19. The van der Waals surface area contributed by atoms with Crippen molar-refractivity contribution in [3.05, 3.63) is 50.9 Å². The van der Waals surface area contributed by atoms with Gasteiger partial charge in [-0.15, -0.1) is 0 Å². The van der Waals surface area contributed by atoms with E-state index in [1.165, 1.54) is 17.8 Å². The van der Waals surface area contributed by atoms with Crippen LogP contribution in [0.2, 0.25) is 0 Å². The number of urea groups is 1. The molecule has 1 aliphatic heterocycles. The fourth-order valence-corrected chi connectivity index (χ4v) is 4.14. The number of H-pyrrole nitrogens is 1. The molecule has 0 bridgehead atoms. The zero-order valence-electron chi connectivity index (χ0n) is 19.1. The SMILES string of the molecule is CN(C(=O)Nc1cc(C(F)(F)F)cn(C)c1=O)[C@@H]1CCN(c2cnc3[nH]c(=O)n(C)c3c2)C[C@@H]1F. The maximum atomic E-state index is 15.1. The lowest BCUT2D eigenvalue weighted by Crippen LogP contribution is -2.54. The predicted octanol–water partition coefficient (Wildman–Crippen LogP) is 2.06. The first-order chi connectivity index (χ1) is 16.4. The lowest BCUT2D eigenvalue weighted by atomic mass is 10.0. The molecule has 2 amide bonds. The second kappa shape index (κ2) is 8.74. The number of piperidine rings is 1. The third-order valence-corrected chi connectivity index (χ3v) is 6.19. The van der Waals surface area contributed by atoms with Gasteiger partial charge in [0, 0.05) is 33.9 Å². The molecule has 2 atom stereocenters. The number of pyridine rings is 2. The summed E-state index contributed by atoms with van der Waals surface area (Å²) in [6, 6.07) is 0.510. The number of aryl methyl sites for hydroxylation is 2. The number of halogens is 4.